The maximum Gasteiger partial charge on any atom is 0.139 e. The summed E-state index contributed by atoms with van der Waals surface area (Å²) in [6.45, 7) is 5.00. The van der Waals surface area contributed by atoms with Gasteiger partial charge in [-0.25, -0.2) is 0 Å². The van der Waals surface area contributed by atoms with E-state index in [0.29, 0.717) is 5.78 Å². The third-order valence-corrected chi connectivity index (χ3v) is 3.41. The van der Waals surface area contributed by atoms with E-state index in [-0.39, 0.29) is 17.4 Å². The first kappa shape index (κ1) is 8.24. The highest BCUT2D eigenvalue weighted by Crippen LogP contribution is 2.46. The van der Waals surface area contributed by atoms with Gasteiger partial charge in [-0.15, -0.1) is 0 Å². The van der Waals surface area contributed by atoms with Crippen LogP contribution in [-0.4, -0.2) is 18.5 Å². The minimum absolute atomic E-state index is 0.155. The van der Waals surface area contributed by atoms with Crippen molar-refractivity contribution in [2.45, 2.75) is 39.2 Å². The third-order valence-electron chi connectivity index (χ3n) is 3.41. The lowest BCUT2D eigenvalue weighted by Gasteiger charge is -2.34. The van der Waals surface area contributed by atoms with Gasteiger partial charge in [0.15, 0.2) is 0 Å². The van der Waals surface area contributed by atoms with E-state index in [4.69, 9.17) is 4.74 Å². The lowest BCUT2D eigenvalue weighted by atomic mass is 9.67. The van der Waals surface area contributed by atoms with Crippen molar-refractivity contribution < 1.29 is 9.53 Å². The van der Waals surface area contributed by atoms with Gasteiger partial charge in [0, 0.05) is 11.8 Å². The SMILES string of the molecule is CC1OC[C@]2(C)CCCC(=O)[C@H]12. The highest BCUT2D eigenvalue weighted by atomic mass is 16.5. The zero-order valence-corrected chi connectivity index (χ0v) is 7.80. The summed E-state index contributed by atoms with van der Waals surface area (Å²) in [5, 5.41) is 0. The Bertz CT molecular complexity index is 208. The first-order chi connectivity index (χ1) is 5.63. The number of Topliss-reactive ketones (excluding diaryl/α,β-unsaturated/α-hetero) is 1. The number of ketones is 1. The first-order valence-corrected chi connectivity index (χ1v) is 4.78. The molecule has 1 saturated heterocycles. The van der Waals surface area contributed by atoms with Gasteiger partial charge in [0.25, 0.3) is 0 Å². The van der Waals surface area contributed by atoms with E-state index < -0.39 is 0 Å². The molecule has 1 unspecified atom stereocenters. The average molecular weight is 168 g/mol. The molecule has 3 atom stereocenters. The molecule has 0 aromatic rings. The Morgan fingerprint density at radius 1 is 1.58 bits per heavy atom. The largest absolute Gasteiger partial charge is 0.377 e. The van der Waals surface area contributed by atoms with Gasteiger partial charge < -0.3 is 4.74 Å². The van der Waals surface area contributed by atoms with E-state index in [9.17, 15) is 4.79 Å². The highest BCUT2D eigenvalue weighted by Gasteiger charge is 2.49. The predicted octanol–water partition coefficient (Wildman–Crippen LogP) is 1.78. The molecule has 0 bridgehead atoms. The van der Waals surface area contributed by atoms with Crippen LogP contribution in [0.2, 0.25) is 0 Å². The summed E-state index contributed by atoms with van der Waals surface area (Å²) in [6, 6.07) is 0. The normalized spacial score (nSPS) is 47.7. The van der Waals surface area contributed by atoms with Crippen molar-refractivity contribution in [3.63, 3.8) is 0 Å². The van der Waals surface area contributed by atoms with Crippen molar-refractivity contribution in [3.8, 4) is 0 Å². The van der Waals surface area contributed by atoms with Crippen LogP contribution in [0.15, 0.2) is 0 Å². The second-order valence-corrected chi connectivity index (χ2v) is 4.47. The van der Waals surface area contributed by atoms with Crippen molar-refractivity contribution in [3.05, 3.63) is 0 Å². The maximum absolute atomic E-state index is 11.6. The van der Waals surface area contributed by atoms with Crippen LogP contribution in [0.5, 0.6) is 0 Å². The molecule has 2 rings (SSSR count). The van der Waals surface area contributed by atoms with E-state index in [1.54, 1.807) is 0 Å². The summed E-state index contributed by atoms with van der Waals surface area (Å²) in [5.41, 5.74) is 0.161. The molecule has 1 saturated carbocycles. The van der Waals surface area contributed by atoms with Gasteiger partial charge in [0.1, 0.15) is 5.78 Å². The summed E-state index contributed by atoms with van der Waals surface area (Å²) in [7, 11) is 0. The molecule has 0 amide bonds. The molecule has 0 radical (unpaired) electrons. The molecular formula is C10H16O2. The van der Waals surface area contributed by atoms with Crippen LogP contribution in [0.1, 0.15) is 33.1 Å². The molecule has 1 aliphatic carbocycles. The van der Waals surface area contributed by atoms with Crippen LogP contribution in [0, 0.1) is 11.3 Å². The zero-order valence-electron chi connectivity index (χ0n) is 7.80. The minimum atomic E-state index is 0.155. The summed E-state index contributed by atoms with van der Waals surface area (Å²) < 4.78 is 5.55. The summed E-state index contributed by atoms with van der Waals surface area (Å²) in [4.78, 5) is 11.6. The Hall–Kier alpha value is -0.370. The first-order valence-electron chi connectivity index (χ1n) is 4.78. The smallest absolute Gasteiger partial charge is 0.139 e. The number of fused-ring (bicyclic) bond motifs is 1. The van der Waals surface area contributed by atoms with Gasteiger partial charge >= 0.3 is 0 Å². The van der Waals surface area contributed by atoms with E-state index in [2.05, 4.69) is 6.92 Å². The third kappa shape index (κ3) is 1.01. The maximum atomic E-state index is 11.6. The summed E-state index contributed by atoms with van der Waals surface area (Å²) in [5.74, 6) is 0.611. The molecule has 2 nitrogen and oxygen atoms in total. The van der Waals surface area contributed by atoms with Crippen molar-refractivity contribution >= 4 is 5.78 Å². The number of hydrogen-bond acceptors (Lipinski definition) is 2. The molecule has 2 heteroatoms. The molecule has 68 valence electrons. The fourth-order valence-electron chi connectivity index (χ4n) is 2.77. The Kier molecular flexibility index (Phi) is 1.76. The van der Waals surface area contributed by atoms with E-state index in [1.807, 2.05) is 6.92 Å². The fourth-order valence-corrected chi connectivity index (χ4v) is 2.77. The monoisotopic (exact) mass is 168 g/mol. The van der Waals surface area contributed by atoms with Crippen LogP contribution in [-0.2, 0) is 9.53 Å². The van der Waals surface area contributed by atoms with Crippen LogP contribution in [0.25, 0.3) is 0 Å². The second-order valence-electron chi connectivity index (χ2n) is 4.47. The molecule has 2 fully saturated rings. The molecular weight excluding hydrogens is 152 g/mol. The highest BCUT2D eigenvalue weighted by molar-refractivity contribution is 5.83. The lowest BCUT2D eigenvalue weighted by molar-refractivity contribution is -0.129. The van der Waals surface area contributed by atoms with Crippen molar-refractivity contribution in [2.75, 3.05) is 6.61 Å². The molecule has 12 heavy (non-hydrogen) atoms. The quantitative estimate of drug-likeness (QED) is 0.551. The Balaban J connectivity index is 2.26. The molecule has 2 aliphatic rings. The van der Waals surface area contributed by atoms with Gasteiger partial charge in [-0.2, -0.15) is 0 Å². The standard InChI is InChI=1S/C10H16O2/c1-7-9-8(11)4-3-5-10(9,2)6-12-7/h7,9H,3-6H2,1-2H3/t7?,9-,10-/m0/s1. The van der Waals surface area contributed by atoms with E-state index in [0.717, 1.165) is 25.9 Å². The number of carbonyl (C=O) groups excluding carboxylic acids is 1. The fraction of sp³-hybridized carbons (Fsp3) is 0.900. The number of hydrogen-bond donors (Lipinski definition) is 0. The lowest BCUT2D eigenvalue weighted by Crippen LogP contribution is -2.38. The number of ether oxygens (including phenoxy) is 1. The Labute approximate surface area is 73.3 Å². The minimum Gasteiger partial charge on any atom is -0.377 e. The average Bonchev–Trinajstić information content (AvgIpc) is 2.29. The molecule has 1 aliphatic heterocycles. The Morgan fingerprint density at radius 2 is 2.33 bits per heavy atom. The molecule has 0 N–H and O–H groups in total. The second kappa shape index (κ2) is 2.56. The van der Waals surface area contributed by atoms with Gasteiger partial charge in [-0.3, -0.25) is 4.79 Å². The Morgan fingerprint density at radius 3 is 3.00 bits per heavy atom. The predicted molar refractivity (Wildman–Crippen MR) is 45.9 cm³/mol. The van der Waals surface area contributed by atoms with Gasteiger partial charge in [0.05, 0.1) is 18.6 Å². The topological polar surface area (TPSA) is 26.3 Å². The van der Waals surface area contributed by atoms with E-state index >= 15 is 0 Å². The molecule has 1 heterocycles. The molecule has 0 aromatic carbocycles. The summed E-state index contributed by atoms with van der Waals surface area (Å²) >= 11 is 0. The van der Waals surface area contributed by atoms with Crippen LogP contribution in [0.4, 0.5) is 0 Å². The van der Waals surface area contributed by atoms with Crippen LogP contribution >= 0.6 is 0 Å². The van der Waals surface area contributed by atoms with Crippen molar-refractivity contribution in [2.24, 2.45) is 11.3 Å². The van der Waals surface area contributed by atoms with Gasteiger partial charge in [-0.1, -0.05) is 6.92 Å². The van der Waals surface area contributed by atoms with Gasteiger partial charge in [0.2, 0.25) is 0 Å². The van der Waals surface area contributed by atoms with E-state index in [1.165, 1.54) is 0 Å². The summed E-state index contributed by atoms with van der Waals surface area (Å²) in [6.07, 6.45) is 3.15. The zero-order chi connectivity index (χ0) is 8.77. The van der Waals surface area contributed by atoms with Gasteiger partial charge in [-0.05, 0) is 19.8 Å². The number of rotatable bonds is 0. The van der Waals surface area contributed by atoms with Crippen LogP contribution in [0.3, 0.4) is 0 Å². The molecule has 0 aromatic heterocycles. The van der Waals surface area contributed by atoms with Crippen molar-refractivity contribution in [1.29, 1.82) is 0 Å². The van der Waals surface area contributed by atoms with Crippen molar-refractivity contribution in [1.82, 2.24) is 0 Å². The number of carbonyl (C=O) groups is 1. The molecule has 0 spiro atoms. The van der Waals surface area contributed by atoms with Crippen LogP contribution < -0.4 is 0 Å².